The molecule has 4 heteroatoms. The normalized spacial score (nSPS) is 22.4. The Labute approximate surface area is 119 Å². The molecule has 0 aliphatic carbocycles. The lowest BCUT2D eigenvalue weighted by Crippen LogP contribution is -2.42. The lowest BCUT2D eigenvalue weighted by molar-refractivity contribution is 0.207. The van der Waals surface area contributed by atoms with Crippen LogP contribution in [0, 0.1) is 12.7 Å². The Balaban J connectivity index is 2.16. The van der Waals surface area contributed by atoms with Crippen LogP contribution in [0.2, 0.25) is 0 Å². The highest BCUT2D eigenvalue weighted by molar-refractivity contribution is 8.00. The maximum Gasteiger partial charge on any atom is 0.126 e. The molecule has 0 bridgehead atoms. The third kappa shape index (κ3) is 3.50. The van der Waals surface area contributed by atoms with Crippen molar-refractivity contribution in [3.63, 3.8) is 0 Å². The molecule has 1 aromatic carbocycles. The topological polar surface area (TPSA) is 29.3 Å². The maximum absolute atomic E-state index is 13.7. The average Bonchev–Trinajstić information content (AvgIpc) is 2.44. The van der Waals surface area contributed by atoms with Gasteiger partial charge in [-0.05, 0) is 30.5 Å². The van der Waals surface area contributed by atoms with Gasteiger partial charge in [-0.2, -0.15) is 11.8 Å². The van der Waals surface area contributed by atoms with E-state index in [1.807, 2.05) is 23.9 Å². The number of thioether (sulfide) groups is 1. The van der Waals surface area contributed by atoms with Crippen LogP contribution in [-0.2, 0) is 0 Å². The van der Waals surface area contributed by atoms with E-state index >= 15 is 0 Å². The maximum atomic E-state index is 13.7. The minimum atomic E-state index is -0.130. The molecular weight excluding hydrogens is 259 g/mol. The van der Waals surface area contributed by atoms with Gasteiger partial charge in [0.2, 0.25) is 0 Å². The molecule has 106 valence electrons. The zero-order chi connectivity index (χ0) is 13.8. The largest absolute Gasteiger partial charge is 0.329 e. The molecular formula is C15H23FN2S. The fourth-order valence-electron chi connectivity index (χ4n) is 2.58. The van der Waals surface area contributed by atoms with E-state index in [0.717, 1.165) is 24.4 Å². The lowest BCUT2D eigenvalue weighted by Gasteiger charge is -2.37. The molecule has 0 spiro atoms. The SMILES string of the molecule is CCC1CN(C(CN)c2ccc(C)c(F)c2)CCS1. The van der Waals surface area contributed by atoms with Crippen LogP contribution in [0.25, 0.3) is 0 Å². The first-order valence-corrected chi connectivity index (χ1v) is 8.02. The number of rotatable bonds is 4. The monoisotopic (exact) mass is 282 g/mol. The molecule has 1 aromatic rings. The number of hydrogen-bond donors (Lipinski definition) is 1. The summed E-state index contributed by atoms with van der Waals surface area (Å²) in [6.07, 6.45) is 1.18. The van der Waals surface area contributed by atoms with Crippen molar-refractivity contribution in [3.05, 3.63) is 35.1 Å². The van der Waals surface area contributed by atoms with Gasteiger partial charge in [-0.15, -0.1) is 0 Å². The second-order valence-electron chi connectivity index (χ2n) is 5.16. The predicted molar refractivity (Wildman–Crippen MR) is 81.0 cm³/mol. The van der Waals surface area contributed by atoms with Gasteiger partial charge >= 0.3 is 0 Å². The summed E-state index contributed by atoms with van der Waals surface area (Å²) in [6.45, 7) is 6.66. The quantitative estimate of drug-likeness (QED) is 0.920. The molecule has 1 fully saturated rings. The van der Waals surface area contributed by atoms with Crippen LogP contribution in [0.15, 0.2) is 18.2 Å². The predicted octanol–water partition coefficient (Wildman–Crippen LogP) is 2.96. The highest BCUT2D eigenvalue weighted by Gasteiger charge is 2.26. The summed E-state index contributed by atoms with van der Waals surface area (Å²) in [7, 11) is 0. The highest BCUT2D eigenvalue weighted by atomic mass is 32.2. The van der Waals surface area contributed by atoms with Gasteiger partial charge in [0.05, 0.1) is 0 Å². The third-order valence-corrected chi connectivity index (χ3v) is 5.24. The van der Waals surface area contributed by atoms with Crippen molar-refractivity contribution in [1.82, 2.24) is 4.90 Å². The van der Waals surface area contributed by atoms with E-state index in [4.69, 9.17) is 5.73 Å². The molecule has 2 atom stereocenters. The van der Waals surface area contributed by atoms with Gasteiger partial charge in [-0.3, -0.25) is 4.90 Å². The van der Waals surface area contributed by atoms with Crippen molar-refractivity contribution in [2.24, 2.45) is 5.73 Å². The van der Waals surface area contributed by atoms with Crippen molar-refractivity contribution in [1.29, 1.82) is 0 Å². The van der Waals surface area contributed by atoms with Crippen LogP contribution in [0.4, 0.5) is 4.39 Å². The Morgan fingerprint density at radius 1 is 1.53 bits per heavy atom. The fraction of sp³-hybridized carbons (Fsp3) is 0.600. The number of benzene rings is 1. The second-order valence-corrected chi connectivity index (χ2v) is 6.56. The lowest BCUT2D eigenvalue weighted by atomic mass is 10.0. The van der Waals surface area contributed by atoms with Gasteiger partial charge in [0.1, 0.15) is 5.82 Å². The van der Waals surface area contributed by atoms with E-state index in [9.17, 15) is 4.39 Å². The van der Waals surface area contributed by atoms with E-state index in [2.05, 4.69) is 11.8 Å². The van der Waals surface area contributed by atoms with Gasteiger partial charge in [0, 0.05) is 36.7 Å². The molecule has 1 heterocycles. The molecule has 2 N–H and O–H groups in total. The zero-order valence-electron chi connectivity index (χ0n) is 11.7. The molecule has 19 heavy (non-hydrogen) atoms. The summed E-state index contributed by atoms with van der Waals surface area (Å²) < 4.78 is 13.7. The molecule has 1 saturated heterocycles. The first-order valence-electron chi connectivity index (χ1n) is 6.97. The van der Waals surface area contributed by atoms with Crippen molar-refractivity contribution in [2.45, 2.75) is 31.6 Å². The molecule has 1 aliphatic heterocycles. The Morgan fingerprint density at radius 3 is 2.95 bits per heavy atom. The van der Waals surface area contributed by atoms with Gasteiger partial charge in [0.15, 0.2) is 0 Å². The van der Waals surface area contributed by atoms with Crippen LogP contribution >= 0.6 is 11.8 Å². The molecule has 2 nitrogen and oxygen atoms in total. The van der Waals surface area contributed by atoms with Gasteiger partial charge in [-0.1, -0.05) is 19.1 Å². The summed E-state index contributed by atoms with van der Waals surface area (Å²) in [4.78, 5) is 2.41. The molecule has 0 saturated carbocycles. The second kappa shape index (κ2) is 6.73. The number of nitrogens with zero attached hydrogens (tertiary/aromatic N) is 1. The van der Waals surface area contributed by atoms with Crippen LogP contribution < -0.4 is 5.73 Å². The third-order valence-electron chi connectivity index (χ3n) is 3.87. The fourth-order valence-corrected chi connectivity index (χ4v) is 3.79. The number of nitrogens with two attached hydrogens (primary N) is 1. The van der Waals surface area contributed by atoms with E-state index in [0.29, 0.717) is 17.4 Å². The molecule has 0 radical (unpaired) electrons. The van der Waals surface area contributed by atoms with Gasteiger partial charge in [0.25, 0.3) is 0 Å². The highest BCUT2D eigenvalue weighted by Crippen LogP contribution is 2.28. The van der Waals surface area contributed by atoms with E-state index in [1.165, 1.54) is 6.42 Å². The number of hydrogen-bond acceptors (Lipinski definition) is 3. The molecule has 2 unspecified atom stereocenters. The van der Waals surface area contributed by atoms with Crippen molar-refractivity contribution >= 4 is 11.8 Å². The zero-order valence-corrected chi connectivity index (χ0v) is 12.5. The van der Waals surface area contributed by atoms with Crippen LogP contribution in [-0.4, -0.2) is 35.5 Å². The van der Waals surface area contributed by atoms with E-state index < -0.39 is 0 Å². The number of aryl methyl sites for hydroxylation is 1. The van der Waals surface area contributed by atoms with Crippen LogP contribution in [0.1, 0.15) is 30.5 Å². The Bertz CT molecular complexity index is 425. The van der Waals surface area contributed by atoms with Gasteiger partial charge < -0.3 is 5.73 Å². The summed E-state index contributed by atoms with van der Waals surface area (Å²) in [6, 6.07) is 5.66. The smallest absolute Gasteiger partial charge is 0.126 e. The van der Waals surface area contributed by atoms with E-state index in [1.54, 1.807) is 13.0 Å². The Kier molecular flexibility index (Phi) is 5.25. The van der Waals surface area contributed by atoms with Crippen molar-refractivity contribution in [2.75, 3.05) is 25.4 Å². The summed E-state index contributed by atoms with van der Waals surface area (Å²) in [5.74, 6) is 1.01. The van der Waals surface area contributed by atoms with Crippen LogP contribution in [0.3, 0.4) is 0 Å². The minimum absolute atomic E-state index is 0.130. The Hall–Kier alpha value is -0.580. The minimum Gasteiger partial charge on any atom is -0.329 e. The molecule has 2 rings (SSSR count). The summed E-state index contributed by atoms with van der Waals surface area (Å²) in [5, 5.41) is 0.679. The average molecular weight is 282 g/mol. The molecule has 0 aromatic heterocycles. The van der Waals surface area contributed by atoms with Crippen molar-refractivity contribution < 1.29 is 4.39 Å². The molecule has 1 aliphatic rings. The summed E-state index contributed by atoms with van der Waals surface area (Å²) in [5.41, 5.74) is 7.64. The summed E-state index contributed by atoms with van der Waals surface area (Å²) >= 11 is 2.04. The number of halogens is 1. The van der Waals surface area contributed by atoms with Crippen molar-refractivity contribution in [3.8, 4) is 0 Å². The van der Waals surface area contributed by atoms with Crippen LogP contribution in [0.5, 0.6) is 0 Å². The molecule has 0 amide bonds. The van der Waals surface area contributed by atoms with Gasteiger partial charge in [-0.25, -0.2) is 4.39 Å². The first-order chi connectivity index (χ1) is 9.15. The van der Waals surface area contributed by atoms with E-state index in [-0.39, 0.29) is 11.9 Å². The first kappa shape index (κ1) is 14.8. The Morgan fingerprint density at radius 2 is 2.32 bits per heavy atom. The standard InChI is InChI=1S/C15H23FN2S/c1-3-13-10-18(6-7-19-13)15(9-17)12-5-4-11(2)14(16)8-12/h4-5,8,13,15H,3,6-7,9-10,17H2,1-2H3.